The van der Waals surface area contributed by atoms with Crippen LogP contribution in [0.2, 0.25) is 0 Å². The molecule has 4 aliphatic carbocycles. The van der Waals surface area contributed by atoms with Crippen molar-refractivity contribution in [3.8, 4) is 0 Å². The van der Waals surface area contributed by atoms with E-state index in [0.717, 1.165) is 5.57 Å². The zero-order valence-electron chi connectivity index (χ0n) is 25.2. The Kier molecular flexibility index (Phi) is 7.19. The fraction of sp³-hybridized carbons (Fsp3) is 0.688. The number of fused-ring (bicyclic) bond motifs is 5. The second-order valence-electron chi connectivity index (χ2n) is 13.5. The first-order chi connectivity index (χ1) is 19.4. The van der Waals surface area contributed by atoms with Crippen LogP contribution in [0.3, 0.4) is 0 Å². The van der Waals surface area contributed by atoms with Crippen LogP contribution in [0.25, 0.3) is 0 Å². The quantitative estimate of drug-likeness (QED) is 0.249. The van der Waals surface area contributed by atoms with Crippen LogP contribution in [0, 0.1) is 22.7 Å². The predicted octanol–water partition coefficient (Wildman–Crippen LogP) is 2.63. The van der Waals surface area contributed by atoms with E-state index in [9.17, 15) is 34.5 Å². The number of cyclic esters (lactones) is 1. The lowest BCUT2D eigenvalue weighted by Crippen LogP contribution is -2.72. The number of hydrogen-bond acceptors (Lipinski definition) is 10. The molecule has 5 aliphatic rings. The van der Waals surface area contributed by atoms with Gasteiger partial charge in [-0.1, -0.05) is 13.0 Å². The van der Waals surface area contributed by atoms with Gasteiger partial charge in [0.05, 0.1) is 11.0 Å². The molecule has 3 N–H and O–H groups in total. The largest absolute Gasteiger partial charge is 0.461 e. The number of esters is 3. The van der Waals surface area contributed by atoms with Crippen LogP contribution in [-0.4, -0.2) is 74.6 Å². The van der Waals surface area contributed by atoms with E-state index in [1.54, 1.807) is 19.9 Å². The number of carbonyl (C=O) groups excluding carboxylic acids is 4. The summed E-state index contributed by atoms with van der Waals surface area (Å²) in [5, 5.41) is 37.2. The van der Waals surface area contributed by atoms with Crippen molar-refractivity contribution in [2.75, 3.05) is 6.61 Å². The van der Waals surface area contributed by atoms with Crippen molar-refractivity contribution >= 4 is 23.7 Å². The molecule has 1 aliphatic heterocycles. The maximum atomic E-state index is 13.5. The normalized spacial score (nSPS) is 42.5. The number of rotatable bonds is 5. The topological polar surface area (TPSA) is 157 Å². The molecule has 0 saturated heterocycles. The van der Waals surface area contributed by atoms with E-state index in [0.29, 0.717) is 30.4 Å². The highest BCUT2D eigenvalue weighted by molar-refractivity contribution is 5.99. The summed E-state index contributed by atoms with van der Waals surface area (Å²) in [7, 11) is 0. The van der Waals surface area contributed by atoms with Crippen LogP contribution in [-0.2, 0) is 33.4 Å². The Labute approximate surface area is 245 Å². The summed E-state index contributed by atoms with van der Waals surface area (Å²) in [5.41, 5.74) is -5.98. The number of carbonyl (C=O) groups is 4. The first-order valence-electron chi connectivity index (χ1n) is 14.7. The Balaban J connectivity index is 1.49. The second kappa shape index (κ2) is 9.86. The first-order valence-corrected chi connectivity index (χ1v) is 14.7. The van der Waals surface area contributed by atoms with Crippen molar-refractivity contribution in [3.05, 3.63) is 34.9 Å². The Morgan fingerprint density at radius 2 is 1.79 bits per heavy atom. The number of ketones is 1. The Hall–Kier alpha value is -2.82. The Morgan fingerprint density at radius 3 is 2.43 bits per heavy atom. The summed E-state index contributed by atoms with van der Waals surface area (Å²) in [5.74, 6) is -2.44. The van der Waals surface area contributed by atoms with Crippen LogP contribution in [0.1, 0.15) is 80.1 Å². The van der Waals surface area contributed by atoms with E-state index in [-0.39, 0.29) is 37.6 Å². The minimum atomic E-state index is -1.97. The summed E-state index contributed by atoms with van der Waals surface area (Å²) in [4.78, 5) is 49.5. The zero-order valence-corrected chi connectivity index (χ0v) is 25.2. The summed E-state index contributed by atoms with van der Waals surface area (Å²) < 4.78 is 16.3. The van der Waals surface area contributed by atoms with E-state index in [1.807, 2.05) is 13.0 Å². The van der Waals surface area contributed by atoms with Gasteiger partial charge in [-0.05, 0) is 88.0 Å². The third-order valence-electron chi connectivity index (χ3n) is 11.7. The molecule has 0 amide bonds. The minimum absolute atomic E-state index is 0.0451. The smallest absolute Gasteiger partial charge is 0.334 e. The molecule has 2 saturated carbocycles. The molecule has 5 rings (SSSR count). The average molecular weight is 587 g/mol. The van der Waals surface area contributed by atoms with Crippen LogP contribution in [0.5, 0.6) is 0 Å². The lowest BCUT2D eigenvalue weighted by atomic mass is 9.44. The molecule has 9 atom stereocenters. The van der Waals surface area contributed by atoms with Gasteiger partial charge in [0, 0.05) is 31.3 Å². The third-order valence-corrected chi connectivity index (χ3v) is 11.7. The first kappa shape index (κ1) is 30.6. The average Bonchev–Trinajstić information content (AvgIpc) is 3.14. The van der Waals surface area contributed by atoms with Crippen molar-refractivity contribution in [1.29, 1.82) is 0 Å². The van der Waals surface area contributed by atoms with Gasteiger partial charge in [-0.3, -0.25) is 14.4 Å². The zero-order chi connectivity index (χ0) is 31.0. The lowest BCUT2D eigenvalue weighted by molar-refractivity contribution is -0.279. The van der Waals surface area contributed by atoms with Gasteiger partial charge in [-0.2, -0.15) is 0 Å². The molecular formula is C32H42O10. The molecule has 0 bridgehead atoms. The van der Waals surface area contributed by atoms with E-state index in [4.69, 9.17) is 14.2 Å². The van der Waals surface area contributed by atoms with Crippen LogP contribution < -0.4 is 0 Å². The van der Waals surface area contributed by atoms with Crippen molar-refractivity contribution in [2.45, 2.75) is 109 Å². The minimum Gasteiger partial charge on any atom is -0.461 e. The highest BCUT2D eigenvalue weighted by atomic mass is 16.6. The second-order valence-corrected chi connectivity index (χ2v) is 13.5. The SMILES string of the molecule is CC(=O)OCC1=C(C)C(=O)O[C@@H]([C@](C)(O)[C@]2(O)CC[C@@]3(O)[C@@H]4CC=C5[C@@H](OC(C)=O)C=CC(=O)[C@]5(C)[C@H]4CC[C@]23C)C1. The maximum absolute atomic E-state index is 13.5. The van der Waals surface area contributed by atoms with Crippen molar-refractivity contribution in [3.63, 3.8) is 0 Å². The van der Waals surface area contributed by atoms with Crippen molar-refractivity contribution < 1.29 is 48.7 Å². The van der Waals surface area contributed by atoms with Gasteiger partial charge in [0.25, 0.3) is 0 Å². The van der Waals surface area contributed by atoms with Gasteiger partial charge in [-0.15, -0.1) is 0 Å². The van der Waals surface area contributed by atoms with Gasteiger partial charge >= 0.3 is 17.9 Å². The molecular weight excluding hydrogens is 544 g/mol. The van der Waals surface area contributed by atoms with E-state index >= 15 is 0 Å². The molecule has 230 valence electrons. The maximum Gasteiger partial charge on any atom is 0.334 e. The van der Waals surface area contributed by atoms with Gasteiger partial charge in [0.2, 0.25) is 0 Å². The monoisotopic (exact) mass is 586 g/mol. The van der Waals surface area contributed by atoms with Gasteiger partial charge in [-0.25, -0.2) is 4.79 Å². The molecule has 1 heterocycles. The lowest BCUT2D eigenvalue weighted by Gasteiger charge is -2.63. The summed E-state index contributed by atoms with van der Waals surface area (Å²) in [6.45, 7) is 9.10. The molecule has 0 spiro atoms. The third kappa shape index (κ3) is 4.01. The van der Waals surface area contributed by atoms with Gasteiger partial charge in [0.15, 0.2) is 5.78 Å². The predicted molar refractivity (Wildman–Crippen MR) is 148 cm³/mol. The van der Waals surface area contributed by atoms with Gasteiger partial charge < -0.3 is 29.5 Å². The van der Waals surface area contributed by atoms with E-state index in [1.165, 1.54) is 26.8 Å². The molecule has 42 heavy (non-hydrogen) atoms. The summed E-state index contributed by atoms with van der Waals surface area (Å²) in [6, 6.07) is 0. The van der Waals surface area contributed by atoms with Crippen LogP contribution in [0.15, 0.2) is 34.9 Å². The molecule has 0 unspecified atom stereocenters. The Bertz CT molecular complexity index is 1320. The van der Waals surface area contributed by atoms with Crippen LogP contribution >= 0.6 is 0 Å². The Morgan fingerprint density at radius 1 is 1.10 bits per heavy atom. The molecule has 0 aromatic rings. The number of allylic oxidation sites excluding steroid dienone is 2. The fourth-order valence-electron chi connectivity index (χ4n) is 9.01. The molecule has 0 aromatic heterocycles. The molecule has 0 radical (unpaired) electrons. The van der Waals surface area contributed by atoms with Crippen molar-refractivity contribution in [1.82, 2.24) is 0 Å². The summed E-state index contributed by atoms with van der Waals surface area (Å²) in [6.07, 6.45) is 4.60. The molecule has 10 heteroatoms. The number of hydrogen-bond donors (Lipinski definition) is 3. The molecule has 0 aromatic carbocycles. The number of ether oxygens (including phenoxy) is 3. The molecule has 2 fully saturated rings. The van der Waals surface area contributed by atoms with Crippen molar-refractivity contribution in [2.24, 2.45) is 22.7 Å². The molecule has 10 nitrogen and oxygen atoms in total. The van der Waals surface area contributed by atoms with Crippen LogP contribution in [0.4, 0.5) is 0 Å². The van der Waals surface area contributed by atoms with E-state index in [2.05, 4.69) is 0 Å². The summed E-state index contributed by atoms with van der Waals surface area (Å²) >= 11 is 0. The standard InChI is InChI=1S/C32H42O10/c1-17-20(16-40-18(2)33)15-26(42-27(17)36)30(6,37)32(39)14-13-31(38)22-7-8-23-24(41-19(3)34)9-10-25(35)29(23,5)21(22)11-12-28(31,32)4/h8-10,21-22,24,26,37-39H,7,11-16H2,1-6H3/t21-,22+,24-,26+,28-,29+,30-,31+,32-/m0/s1. The highest BCUT2D eigenvalue weighted by Crippen LogP contribution is 2.70. The van der Waals surface area contributed by atoms with E-state index < -0.39 is 63.7 Å². The van der Waals surface area contributed by atoms with Gasteiger partial charge in [0.1, 0.15) is 30.0 Å². The fourth-order valence-corrected chi connectivity index (χ4v) is 9.01. The highest BCUT2D eigenvalue weighted by Gasteiger charge is 2.76. The number of aliphatic hydroxyl groups is 3.